The van der Waals surface area contributed by atoms with Crippen molar-refractivity contribution in [3.63, 3.8) is 0 Å². The van der Waals surface area contributed by atoms with Crippen molar-refractivity contribution in [1.82, 2.24) is 4.98 Å². The van der Waals surface area contributed by atoms with E-state index in [2.05, 4.69) is 10.3 Å². The SMILES string of the molecule is COc1ccc2nc(NC(=O)C(=O)C(C#N)c3ccc([NH+]([O-])O)cc3)sc2c1. The Morgan fingerprint density at radius 2 is 2.04 bits per heavy atom. The van der Waals surface area contributed by atoms with E-state index in [4.69, 9.17) is 9.94 Å². The van der Waals surface area contributed by atoms with Crippen molar-refractivity contribution in [2.24, 2.45) is 0 Å². The van der Waals surface area contributed by atoms with Crippen LogP contribution in [0.5, 0.6) is 5.75 Å². The number of fused-ring (bicyclic) bond motifs is 1. The second kappa shape index (κ2) is 8.12. The highest BCUT2D eigenvalue weighted by atomic mass is 32.1. The number of thiazole rings is 1. The minimum Gasteiger partial charge on any atom is -0.595 e. The number of ketones is 1. The van der Waals surface area contributed by atoms with Crippen molar-refractivity contribution in [1.29, 1.82) is 5.26 Å². The van der Waals surface area contributed by atoms with Crippen LogP contribution >= 0.6 is 11.3 Å². The summed E-state index contributed by atoms with van der Waals surface area (Å²) in [6, 6.07) is 12.2. The average molecular weight is 398 g/mol. The molecule has 0 aliphatic heterocycles. The lowest BCUT2D eigenvalue weighted by Gasteiger charge is -2.12. The van der Waals surface area contributed by atoms with Crippen molar-refractivity contribution in [3.05, 3.63) is 53.2 Å². The lowest BCUT2D eigenvalue weighted by atomic mass is 9.95. The van der Waals surface area contributed by atoms with Crippen LogP contribution < -0.4 is 15.3 Å². The van der Waals surface area contributed by atoms with Crippen molar-refractivity contribution >= 4 is 44.1 Å². The summed E-state index contributed by atoms with van der Waals surface area (Å²) in [7, 11) is 1.54. The van der Waals surface area contributed by atoms with Crippen LogP contribution in [0, 0.1) is 16.5 Å². The number of Topliss-reactive ketones (excluding diaryl/α,β-unsaturated/α-hetero) is 1. The zero-order valence-electron chi connectivity index (χ0n) is 14.5. The van der Waals surface area contributed by atoms with Gasteiger partial charge in [0.25, 0.3) is 5.91 Å². The zero-order valence-corrected chi connectivity index (χ0v) is 15.3. The number of quaternary nitrogens is 1. The van der Waals surface area contributed by atoms with Gasteiger partial charge in [0.15, 0.2) is 10.8 Å². The van der Waals surface area contributed by atoms with Crippen LogP contribution in [0.3, 0.4) is 0 Å². The second-order valence-corrected chi connectivity index (χ2v) is 6.69. The molecule has 2 aromatic carbocycles. The van der Waals surface area contributed by atoms with E-state index >= 15 is 0 Å². The fraction of sp³-hybridized carbons (Fsp3) is 0.111. The summed E-state index contributed by atoms with van der Waals surface area (Å²) < 4.78 is 5.90. The largest absolute Gasteiger partial charge is 0.595 e. The highest BCUT2D eigenvalue weighted by Crippen LogP contribution is 2.29. The zero-order chi connectivity index (χ0) is 20.3. The first-order valence-corrected chi connectivity index (χ1v) is 8.77. The van der Waals surface area contributed by atoms with Gasteiger partial charge in [-0.15, -0.1) is 0 Å². The van der Waals surface area contributed by atoms with Crippen molar-refractivity contribution < 1.29 is 24.8 Å². The number of anilines is 1. The van der Waals surface area contributed by atoms with Gasteiger partial charge in [0.05, 0.1) is 23.4 Å². The summed E-state index contributed by atoms with van der Waals surface area (Å²) in [5.74, 6) is -2.64. The first kappa shape index (κ1) is 19.4. The van der Waals surface area contributed by atoms with E-state index in [0.717, 1.165) is 4.70 Å². The molecule has 1 heterocycles. The molecule has 142 valence electrons. The van der Waals surface area contributed by atoms with Gasteiger partial charge in [-0.3, -0.25) is 14.9 Å². The van der Waals surface area contributed by atoms with Crippen molar-refractivity contribution in [2.45, 2.75) is 5.92 Å². The van der Waals surface area contributed by atoms with E-state index < -0.39 is 22.8 Å². The lowest BCUT2D eigenvalue weighted by Crippen LogP contribution is -2.99. The van der Waals surface area contributed by atoms with E-state index in [1.54, 1.807) is 24.3 Å². The third kappa shape index (κ3) is 3.98. The van der Waals surface area contributed by atoms with Crippen LogP contribution in [-0.4, -0.2) is 29.0 Å². The van der Waals surface area contributed by atoms with Gasteiger partial charge >= 0.3 is 0 Å². The first-order valence-electron chi connectivity index (χ1n) is 7.95. The third-order valence-electron chi connectivity index (χ3n) is 3.92. The second-order valence-electron chi connectivity index (χ2n) is 5.66. The summed E-state index contributed by atoms with van der Waals surface area (Å²) in [5.41, 5.74) is 0.888. The number of nitrogens with zero attached hydrogens (tertiary/aromatic N) is 2. The molecule has 10 heteroatoms. The number of aromatic nitrogens is 1. The van der Waals surface area contributed by atoms with Gasteiger partial charge in [-0.1, -0.05) is 23.5 Å². The number of amides is 1. The lowest BCUT2D eigenvalue weighted by molar-refractivity contribution is -0.991. The molecule has 1 amide bonds. The number of hydrogen-bond acceptors (Lipinski definition) is 8. The molecule has 0 fully saturated rings. The number of benzene rings is 2. The molecule has 2 atom stereocenters. The Hall–Kier alpha value is -3.36. The maximum Gasteiger partial charge on any atom is 0.295 e. The van der Waals surface area contributed by atoms with E-state index in [1.807, 2.05) is 0 Å². The number of ether oxygens (including phenoxy) is 1. The van der Waals surface area contributed by atoms with Crippen LogP contribution in [-0.2, 0) is 9.59 Å². The van der Waals surface area contributed by atoms with Gasteiger partial charge in [0.1, 0.15) is 11.7 Å². The van der Waals surface area contributed by atoms with E-state index in [-0.39, 0.29) is 16.4 Å². The Kier molecular flexibility index (Phi) is 5.62. The molecular weight excluding hydrogens is 384 g/mol. The van der Waals surface area contributed by atoms with Crippen LogP contribution in [0.4, 0.5) is 10.8 Å². The fourth-order valence-electron chi connectivity index (χ4n) is 2.48. The highest BCUT2D eigenvalue weighted by Gasteiger charge is 2.28. The molecule has 2 unspecified atom stereocenters. The summed E-state index contributed by atoms with van der Waals surface area (Å²) in [5, 5.41) is 30.6. The molecule has 0 aliphatic rings. The topological polar surface area (TPSA) is 140 Å². The number of hydrogen-bond donors (Lipinski definition) is 3. The van der Waals surface area contributed by atoms with Crippen LogP contribution in [0.25, 0.3) is 10.2 Å². The molecule has 0 saturated carbocycles. The minimum atomic E-state index is -1.35. The highest BCUT2D eigenvalue weighted by molar-refractivity contribution is 7.22. The summed E-state index contributed by atoms with van der Waals surface area (Å²) in [6.45, 7) is 0. The quantitative estimate of drug-likeness (QED) is 0.422. The van der Waals surface area contributed by atoms with Gasteiger partial charge in [-0.2, -0.15) is 10.5 Å². The number of nitrogens with one attached hydrogen (secondary N) is 2. The fourth-order valence-corrected chi connectivity index (χ4v) is 3.37. The Labute approximate surface area is 162 Å². The molecule has 28 heavy (non-hydrogen) atoms. The number of nitriles is 1. The maximum absolute atomic E-state index is 12.4. The Morgan fingerprint density at radius 3 is 2.64 bits per heavy atom. The molecular formula is C18H14N4O5S. The van der Waals surface area contributed by atoms with E-state index in [1.165, 1.54) is 42.7 Å². The van der Waals surface area contributed by atoms with Gasteiger partial charge in [-0.25, -0.2) is 10.2 Å². The van der Waals surface area contributed by atoms with Crippen LogP contribution in [0.15, 0.2) is 42.5 Å². The van der Waals surface area contributed by atoms with Crippen molar-refractivity contribution in [3.8, 4) is 11.8 Å². The normalized spacial score (nSPS) is 12.8. The van der Waals surface area contributed by atoms with Crippen molar-refractivity contribution in [2.75, 3.05) is 12.4 Å². The molecule has 0 radical (unpaired) electrons. The first-order chi connectivity index (χ1) is 13.4. The average Bonchev–Trinajstić information content (AvgIpc) is 3.09. The standard InChI is InChI=1S/C18H14N4O5S/c1-27-12-6-7-14-15(8-12)28-18(20-14)21-17(24)16(23)13(9-19)10-2-4-11(5-3-10)22(25)26/h2-8,13,22,25H,1H3,(H,20,21,24). The molecule has 3 rings (SSSR count). The van der Waals surface area contributed by atoms with Crippen LogP contribution in [0.1, 0.15) is 11.5 Å². The van der Waals surface area contributed by atoms with Gasteiger partial charge in [0.2, 0.25) is 5.78 Å². The Morgan fingerprint density at radius 1 is 1.32 bits per heavy atom. The number of carbonyl (C=O) groups is 2. The summed E-state index contributed by atoms with van der Waals surface area (Å²) >= 11 is 1.17. The van der Waals surface area contributed by atoms with E-state index in [9.17, 15) is 20.1 Å². The maximum atomic E-state index is 12.4. The Bertz CT molecular complexity index is 1070. The predicted molar refractivity (Wildman–Crippen MR) is 100 cm³/mol. The van der Waals surface area contributed by atoms with Gasteiger partial charge < -0.3 is 9.94 Å². The van der Waals surface area contributed by atoms with Gasteiger partial charge in [0, 0.05) is 12.1 Å². The molecule has 3 N–H and O–H groups in total. The number of methoxy groups -OCH3 is 1. The molecule has 9 nitrogen and oxygen atoms in total. The third-order valence-corrected chi connectivity index (χ3v) is 4.86. The molecule has 3 aromatic rings. The predicted octanol–water partition coefficient (Wildman–Crippen LogP) is 1.52. The van der Waals surface area contributed by atoms with E-state index in [0.29, 0.717) is 11.3 Å². The summed E-state index contributed by atoms with van der Waals surface area (Å²) in [4.78, 5) is 28.9. The van der Waals surface area contributed by atoms with Crippen LogP contribution in [0.2, 0.25) is 0 Å². The monoisotopic (exact) mass is 398 g/mol. The van der Waals surface area contributed by atoms with Gasteiger partial charge in [-0.05, 0) is 23.8 Å². The Balaban J connectivity index is 1.77. The molecule has 0 aliphatic carbocycles. The molecule has 0 saturated heterocycles. The summed E-state index contributed by atoms with van der Waals surface area (Å²) in [6.07, 6.45) is 0. The molecule has 1 aromatic heterocycles. The molecule has 0 bridgehead atoms. The smallest absolute Gasteiger partial charge is 0.295 e. The number of rotatable bonds is 6. The minimum absolute atomic E-state index is 0.0160. The number of carbonyl (C=O) groups excluding carboxylic acids is 2. The molecule has 0 spiro atoms.